The number of phosphoric ester groups is 1. The summed E-state index contributed by atoms with van der Waals surface area (Å²) in [5.41, 5.74) is 4.67. The summed E-state index contributed by atoms with van der Waals surface area (Å²) in [7, 11) is -5.09. The van der Waals surface area contributed by atoms with Crippen LogP contribution < -0.4 is 17.0 Å². The molecular formula is C32H46FN7O13P2S. The van der Waals surface area contributed by atoms with Crippen molar-refractivity contribution >= 4 is 48.8 Å². The van der Waals surface area contributed by atoms with Crippen molar-refractivity contribution in [1.82, 2.24) is 29.1 Å². The number of hydrogen-bond donors (Lipinski definition) is 4. The van der Waals surface area contributed by atoms with Crippen LogP contribution in [0.1, 0.15) is 77.2 Å². The van der Waals surface area contributed by atoms with E-state index >= 15 is 4.39 Å². The Hall–Kier alpha value is -2.88. The number of alkyl halides is 1. The van der Waals surface area contributed by atoms with Gasteiger partial charge < -0.3 is 25.2 Å². The number of nitrogen functional groups attached to an aromatic ring is 1. The molecule has 3 aromatic heterocycles. The van der Waals surface area contributed by atoms with Crippen molar-refractivity contribution in [3.8, 4) is 0 Å². The van der Waals surface area contributed by atoms with Gasteiger partial charge in [0.25, 0.3) is 5.56 Å². The van der Waals surface area contributed by atoms with E-state index in [4.69, 9.17) is 38.4 Å². The van der Waals surface area contributed by atoms with E-state index in [9.17, 15) is 28.4 Å². The number of aromatic nitrogens is 6. The summed E-state index contributed by atoms with van der Waals surface area (Å²) >= 11 is 0.616. The van der Waals surface area contributed by atoms with Gasteiger partial charge in [-0.3, -0.25) is 41.8 Å². The Balaban J connectivity index is 1.21. The van der Waals surface area contributed by atoms with Crippen LogP contribution in [-0.2, 0) is 41.5 Å². The van der Waals surface area contributed by atoms with Gasteiger partial charge in [0.15, 0.2) is 23.9 Å². The SMILES string of the molecule is C[C@@H]1[C@@H]2OP(=O)(SCC(=O)CCCCCCCCCCO)OC[C@H]3O[C@@H](n4cnc5c(N)ncnc54)C(F)[C@@H]3OP(=O)(O)OC[C@H]2O[C@H]1n1ccc(=O)[nH]c1=O. The number of Topliss-reactive ketones (excluding diaryl/α,β-unsaturated/α-hetero) is 1. The number of aliphatic hydroxyl groups is 1. The highest BCUT2D eigenvalue weighted by Crippen LogP contribution is 2.64. The molecule has 310 valence electrons. The van der Waals surface area contributed by atoms with Crippen molar-refractivity contribution in [1.29, 1.82) is 0 Å². The van der Waals surface area contributed by atoms with Crippen molar-refractivity contribution < 1.29 is 55.9 Å². The van der Waals surface area contributed by atoms with E-state index in [1.165, 1.54) is 17.1 Å². The summed E-state index contributed by atoms with van der Waals surface area (Å²) in [5.74, 6) is -1.27. The Morgan fingerprint density at radius 3 is 2.38 bits per heavy atom. The lowest BCUT2D eigenvalue weighted by atomic mass is 10.0. The molecule has 3 unspecified atom stereocenters. The van der Waals surface area contributed by atoms with Gasteiger partial charge >= 0.3 is 20.3 Å². The first-order valence-corrected chi connectivity index (χ1v) is 23.0. The average molecular weight is 850 g/mol. The molecule has 0 aromatic carbocycles. The summed E-state index contributed by atoms with van der Waals surface area (Å²) in [6.07, 6.45) is 0.395. The van der Waals surface area contributed by atoms with Crippen LogP contribution in [0.5, 0.6) is 0 Å². The van der Waals surface area contributed by atoms with E-state index in [-0.39, 0.29) is 41.5 Å². The number of nitrogens with one attached hydrogen (secondary N) is 1. The molecule has 3 aliphatic heterocycles. The lowest BCUT2D eigenvalue weighted by Crippen LogP contribution is -2.36. The number of nitrogens with two attached hydrogens (primary N) is 1. The minimum atomic E-state index is -5.09. The smallest absolute Gasteiger partial charge is 0.396 e. The number of carbonyl (C=O) groups excluding carboxylic acids is 1. The Kier molecular flexibility index (Phi) is 14.3. The highest BCUT2D eigenvalue weighted by atomic mass is 32.7. The van der Waals surface area contributed by atoms with E-state index < -0.39 is 88.0 Å². The first-order chi connectivity index (χ1) is 26.8. The molecule has 0 amide bonds. The summed E-state index contributed by atoms with van der Waals surface area (Å²) in [6.45, 7) is -4.03. The minimum Gasteiger partial charge on any atom is -0.396 e. The maximum Gasteiger partial charge on any atom is 0.472 e. The molecule has 24 heteroatoms. The summed E-state index contributed by atoms with van der Waals surface area (Å²) < 4.78 is 81.3. The fourth-order valence-corrected chi connectivity index (χ4v) is 11.2. The van der Waals surface area contributed by atoms with Gasteiger partial charge in [0, 0.05) is 31.2 Å². The predicted molar refractivity (Wildman–Crippen MR) is 198 cm³/mol. The highest BCUT2D eigenvalue weighted by Gasteiger charge is 2.54. The second-order valence-electron chi connectivity index (χ2n) is 13.8. The van der Waals surface area contributed by atoms with E-state index in [0.29, 0.717) is 17.8 Å². The monoisotopic (exact) mass is 849 g/mol. The number of fused-ring (bicyclic) bond motifs is 3. The number of hydrogen-bond acceptors (Lipinski definition) is 17. The number of nitrogens with zero attached hydrogens (tertiary/aromatic N) is 5. The molecule has 6 rings (SSSR count). The molecular weight excluding hydrogens is 803 g/mol. The van der Waals surface area contributed by atoms with Gasteiger partial charge in [0.05, 0.1) is 25.3 Å². The van der Waals surface area contributed by atoms with Crippen LogP contribution in [0.2, 0.25) is 0 Å². The quantitative estimate of drug-likeness (QED) is 0.126. The predicted octanol–water partition coefficient (Wildman–Crippen LogP) is 3.56. The zero-order valence-electron chi connectivity index (χ0n) is 30.5. The van der Waals surface area contributed by atoms with Gasteiger partial charge in [0.2, 0.25) is 0 Å². The van der Waals surface area contributed by atoms with Crippen LogP contribution in [0.4, 0.5) is 10.2 Å². The highest BCUT2D eigenvalue weighted by molar-refractivity contribution is 8.55. The lowest BCUT2D eigenvalue weighted by molar-refractivity contribution is -0.116. The first kappa shape index (κ1) is 42.7. The Morgan fingerprint density at radius 1 is 0.964 bits per heavy atom. The van der Waals surface area contributed by atoms with Gasteiger partial charge in [0.1, 0.15) is 48.3 Å². The van der Waals surface area contributed by atoms with Crippen LogP contribution in [0.15, 0.2) is 34.5 Å². The number of ketones is 1. The van der Waals surface area contributed by atoms with Crippen molar-refractivity contribution in [3.63, 3.8) is 0 Å². The van der Waals surface area contributed by atoms with E-state index in [2.05, 4.69) is 19.9 Å². The van der Waals surface area contributed by atoms with E-state index in [0.717, 1.165) is 61.9 Å². The number of rotatable bonds is 15. The summed E-state index contributed by atoms with van der Waals surface area (Å²) in [5, 5.41) is 8.92. The first-order valence-electron chi connectivity index (χ1n) is 18.3. The van der Waals surface area contributed by atoms with Crippen molar-refractivity contribution in [3.05, 3.63) is 45.8 Å². The third-order valence-corrected chi connectivity index (χ3v) is 14.4. The van der Waals surface area contributed by atoms with Crippen molar-refractivity contribution in [2.24, 2.45) is 5.92 Å². The molecule has 0 saturated carbocycles. The molecule has 3 fully saturated rings. The van der Waals surface area contributed by atoms with Crippen molar-refractivity contribution in [2.75, 3.05) is 31.3 Å². The fourth-order valence-electron chi connectivity index (χ4n) is 6.84. The standard InChI is InChI=1S/C32H46FN7O13P2S/c1-19-26-21(50-30(19)39-12-11-23(43)38-32(39)44)14-48-54(45,46)52-27-22(51-31(24(27)33)40-18-37-25-28(34)35-17-36-29(25)40)15-49-55(47,53-26)56-16-20(42)10-8-6-4-2-3-5-7-9-13-41/h11-12,17-19,21-22,24,26-27,30-31,41H,2-10,13-16H2,1H3,(H,45,46)(H2,34,35,36)(H,38,43,44)/t19-,21-,22-,24?,26+,27-,30-,31-,55?/m1/s1. The normalized spacial score (nSPS) is 32.4. The second-order valence-corrected chi connectivity index (χ2v) is 19.2. The van der Waals surface area contributed by atoms with Gasteiger partial charge in [-0.05, 0) is 24.2 Å². The molecule has 0 aliphatic carbocycles. The fraction of sp³-hybridized carbons (Fsp3) is 0.688. The van der Waals surface area contributed by atoms with Crippen LogP contribution >= 0.6 is 26.0 Å². The number of aromatic amines is 1. The second kappa shape index (κ2) is 18.8. The van der Waals surface area contributed by atoms with E-state index in [1.54, 1.807) is 6.92 Å². The number of phosphoric acid groups is 1. The Bertz CT molecular complexity index is 2040. The summed E-state index contributed by atoms with van der Waals surface area (Å²) in [4.78, 5) is 62.6. The molecule has 0 spiro atoms. The maximum absolute atomic E-state index is 16.3. The van der Waals surface area contributed by atoms with Gasteiger partial charge in [-0.1, -0.05) is 45.4 Å². The molecule has 20 nitrogen and oxygen atoms in total. The maximum atomic E-state index is 16.3. The lowest BCUT2D eigenvalue weighted by Gasteiger charge is -2.29. The minimum absolute atomic E-state index is 0.0196. The zero-order valence-corrected chi connectivity index (χ0v) is 33.1. The number of carbonyl (C=O) groups is 1. The average Bonchev–Trinajstić information content (AvgIpc) is 3.81. The van der Waals surface area contributed by atoms with Gasteiger partial charge in [-0.25, -0.2) is 33.3 Å². The Morgan fingerprint density at radius 2 is 1.64 bits per heavy atom. The number of H-pyrrole nitrogens is 1. The largest absolute Gasteiger partial charge is 0.472 e. The van der Waals surface area contributed by atoms with Gasteiger partial charge in [-0.2, -0.15) is 0 Å². The Labute approximate surface area is 323 Å². The molecule has 0 bridgehead atoms. The van der Waals surface area contributed by atoms with Gasteiger partial charge in [-0.15, -0.1) is 0 Å². The molecule has 0 radical (unpaired) electrons. The number of ether oxygens (including phenoxy) is 2. The summed E-state index contributed by atoms with van der Waals surface area (Å²) in [6, 6.07) is 1.10. The molecule has 3 aliphatic rings. The molecule has 3 aromatic rings. The van der Waals surface area contributed by atoms with Crippen molar-refractivity contribution in [2.45, 2.75) is 108 Å². The molecule has 3 saturated heterocycles. The van der Waals surface area contributed by atoms with Crippen LogP contribution in [0, 0.1) is 5.92 Å². The van der Waals surface area contributed by atoms with E-state index in [1.807, 2.05) is 0 Å². The number of imidazole rings is 1. The zero-order chi connectivity index (χ0) is 40.0. The molecule has 56 heavy (non-hydrogen) atoms. The number of unbranched alkanes of at least 4 members (excludes halogenated alkanes) is 7. The third kappa shape index (κ3) is 10.2. The number of halogens is 1. The molecule has 10 atom stereocenters. The number of anilines is 1. The van der Waals surface area contributed by atoms with Crippen LogP contribution in [0.25, 0.3) is 11.2 Å². The number of aliphatic hydroxyl groups excluding tert-OH is 1. The third-order valence-electron chi connectivity index (χ3n) is 9.75. The molecule has 6 heterocycles. The molecule has 5 N–H and O–H groups in total. The van der Waals surface area contributed by atoms with Crippen LogP contribution in [0.3, 0.4) is 0 Å². The topological polar surface area (TPSA) is 272 Å². The van der Waals surface area contributed by atoms with Crippen LogP contribution in [-0.4, -0.2) is 101 Å².